The Labute approximate surface area is 482 Å². The molecule has 10 heteroatoms. The molecule has 0 aliphatic carbocycles. The van der Waals surface area contributed by atoms with Crippen LogP contribution in [0.4, 0.5) is 0 Å². The van der Waals surface area contributed by atoms with E-state index < -0.39 is 26.5 Å². The van der Waals surface area contributed by atoms with Crippen LogP contribution in [0.3, 0.4) is 0 Å². The van der Waals surface area contributed by atoms with Gasteiger partial charge in [0.15, 0.2) is 6.10 Å². The van der Waals surface area contributed by atoms with Crippen LogP contribution in [-0.4, -0.2) is 49.3 Å². The highest BCUT2D eigenvalue weighted by molar-refractivity contribution is 7.47. The van der Waals surface area contributed by atoms with Crippen molar-refractivity contribution in [1.82, 2.24) is 0 Å². The average Bonchev–Trinajstić information content (AvgIpc) is 3.43. The molecule has 0 fully saturated rings. The standard InChI is InChI=1S/C68H124NO8P/c1-3-5-7-9-11-13-15-17-19-21-23-25-27-29-31-32-33-34-35-37-39-41-43-45-47-49-51-53-55-57-59-61-68(71)77-66(65-76-78(72,73)75-63-62-69)64-74-67(70)60-58-56-54-52-50-48-46-44-42-40-38-36-30-28-26-24-22-20-18-16-14-12-10-8-6-4-2/h5,7,11,13,17,19,23,25,29,31,33-34,66H,3-4,6,8-10,12,14-16,18,20-22,24,26-28,30,32,35-65,69H2,1-2H3,(H,72,73)/b7-5-,13-11-,19-17-,25-23-,31-29-,34-33-. The number of hydrogen-bond donors (Lipinski definition) is 2. The van der Waals surface area contributed by atoms with Crippen molar-refractivity contribution in [3.63, 3.8) is 0 Å². The van der Waals surface area contributed by atoms with Gasteiger partial charge in [-0.05, 0) is 64.2 Å². The second-order valence-electron chi connectivity index (χ2n) is 22.0. The Morgan fingerprint density at radius 2 is 0.705 bits per heavy atom. The molecule has 0 saturated heterocycles. The van der Waals surface area contributed by atoms with Gasteiger partial charge in [-0.25, -0.2) is 4.57 Å². The van der Waals surface area contributed by atoms with E-state index >= 15 is 0 Å². The van der Waals surface area contributed by atoms with Crippen molar-refractivity contribution in [2.45, 2.75) is 322 Å². The highest BCUT2D eigenvalue weighted by atomic mass is 31.2. The molecular weight excluding hydrogens is 990 g/mol. The summed E-state index contributed by atoms with van der Waals surface area (Å²) in [5.74, 6) is -0.817. The van der Waals surface area contributed by atoms with Crippen LogP contribution < -0.4 is 5.73 Å². The van der Waals surface area contributed by atoms with Crippen LogP contribution >= 0.6 is 7.82 Å². The van der Waals surface area contributed by atoms with E-state index in [0.29, 0.717) is 6.42 Å². The molecule has 0 saturated carbocycles. The highest BCUT2D eigenvalue weighted by Crippen LogP contribution is 2.43. The number of phosphoric acid groups is 1. The van der Waals surface area contributed by atoms with Gasteiger partial charge in [-0.15, -0.1) is 0 Å². The molecule has 0 rings (SSSR count). The first-order chi connectivity index (χ1) is 38.3. The predicted molar refractivity (Wildman–Crippen MR) is 335 cm³/mol. The lowest BCUT2D eigenvalue weighted by Crippen LogP contribution is -2.29. The fraction of sp³-hybridized carbons (Fsp3) is 0.794. The third-order valence-corrected chi connectivity index (χ3v) is 15.3. The lowest BCUT2D eigenvalue weighted by molar-refractivity contribution is -0.161. The van der Waals surface area contributed by atoms with Gasteiger partial charge in [-0.3, -0.25) is 18.6 Å². The Morgan fingerprint density at radius 3 is 1.05 bits per heavy atom. The van der Waals surface area contributed by atoms with Crippen LogP contribution in [0.5, 0.6) is 0 Å². The third-order valence-electron chi connectivity index (χ3n) is 14.4. The molecule has 0 aromatic carbocycles. The Bertz CT molecular complexity index is 1510. The van der Waals surface area contributed by atoms with Crippen molar-refractivity contribution in [2.75, 3.05) is 26.4 Å². The molecule has 9 nitrogen and oxygen atoms in total. The van der Waals surface area contributed by atoms with E-state index in [0.717, 1.165) is 77.0 Å². The molecule has 0 aliphatic rings. The molecule has 78 heavy (non-hydrogen) atoms. The number of esters is 2. The van der Waals surface area contributed by atoms with Crippen molar-refractivity contribution in [3.05, 3.63) is 72.9 Å². The maximum Gasteiger partial charge on any atom is 0.472 e. The lowest BCUT2D eigenvalue weighted by atomic mass is 10.0. The molecule has 2 atom stereocenters. The molecule has 0 aromatic rings. The van der Waals surface area contributed by atoms with E-state index in [1.165, 1.54) is 205 Å². The summed E-state index contributed by atoms with van der Waals surface area (Å²) < 4.78 is 33.1. The topological polar surface area (TPSA) is 134 Å². The van der Waals surface area contributed by atoms with Crippen LogP contribution in [0.2, 0.25) is 0 Å². The Morgan fingerprint density at radius 1 is 0.397 bits per heavy atom. The molecule has 2 unspecified atom stereocenters. The Hall–Kier alpha value is -2.55. The number of unbranched alkanes of at least 4 members (excludes halogenated alkanes) is 37. The quantitative estimate of drug-likeness (QED) is 0.0264. The maximum absolute atomic E-state index is 12.7. The van der Waals surface area contributed by atoms with Crippen LogP contribution in [-0.2, 0) is 32.7 Å². The first-order valence-electron chi connectivity index (χ1n) is 32.9. The maximum atomic E-state index is 12.7. The summed E-state index contributed by atoms with van der Waals surface area (Å²) in [7, 11) is -4.39. The molecule has 0 amide bonds. The first-order valence-corrected chi connectivity index (χ1v) is 34.4. The zero-order valence-electron chi connectivity index (χ0n) is 50.9. The number of phosphoric ester groups is 1. The summed E-state index contributed by atoms with van der Waals surface area (Å²) in [6, 6.07) is 0. The van der Waals surface area contributed by atoms with E-state index in [-0.39, 0.29) is 38.6 Å². The Kier molecular flexibility index (Phi) is 61.5. The van der Waals surface area contributed by atoms with Gasteiger partial charge in [0, 0.05) is 19.4 Å². The third kappa shape index (κ3) is 62.6. The van der Waals surface area contributed by atoms with Gasteiger partial charge in [0.2, 0.25) is 0 Å². The zero-order valence-corrected chi connectivity index (χ0v) is 51.8. The normalized spacial score (nSPS) is 13.4. The van der Waals surface area contributed by atoms with Crippen molar-refractivity contribution >= 4 is 19.8 Å². The smallest absolute Gasteiger partial charge is 0.462 e. The summed E-state index contributed by atoms with van der Waals surface area (Å²) in [5.41, 5.74) is 5.40. The van der Waals surface area contributed by atoms with Gasteiger partial charge in [-0.2, -0.15) is 0 Å². The summed E-state index contributed by atoms with van der Waals surface area (Å²) in [4.78, 5) is 35.3. The molecular formula is C68H124NO8P. The lowest BCUT2D eigenvalue weighted by Gasteiger charge is -2.19. The summed E-state index contributed by atoms with van der Waals surface area (Å²) in [6.07, 6.45) is 82.6. The molecule has 0 aromatic heterocycles. The van der Waals surface area contributed by atoms with E-state index in [9.17, 15) is 19.0 Å². The van der Waals surface area contributed by atoms with Crippen molar-refractivity contribution in [1.29, 1.82) is 0 Å². The first kappa shape index (κ1) is 75.5. The molecule has 3 N–H and O–H groups in total. The number of ether oxygens (including phenoxy) is 2. The molecule has 0 heterocycles. The summed E-state index contributed by atoms with van der Waals surface area (Å²) >= 11 is 0. The Balaban J connectivity index is 3.90. The van der Waals surface area contributed by atoms with Crippen LogP contribution in [0.15, 0.2) is 72.9 Å². The fourth-order valence-corrected chi connectivity index (χ4v) is 10.3. The van der Waals surface area contributed by atoms with Crippen LogP contribution in [0.25, 0.3) is 0 Å². The number of rotatable bonds is 62. The summed E-state index contributed by atoms with van der Waals surface area (Å²) in [6.45, 7) is 3.68. The predicted octanol–water partition coefficient (Wildman–Crippen LogP) is 21.2. The SMILES string of the molecule is CC/C=C\C/C=C\C/C=C\C/C=C\C/C=C\C/C=C\CCCCCCCCCCCCCCC(=O)OC(COC(=O)CCCCCCCCCCCCCCCCCCCCCCCCCCCC)COP(=O)(O)OCCN. The van der Waals surface area contributed by atoms with Gasteiger partial charge in [-0.1, -0.05) is 311 Å². The molecule has 0 radical (unpaired) electrons. The van der Waals surface area contributed by atoms with E-state index in [1.807, 2.05) is 0 Å². The minimum atomic E-state index is -4.39. The number of allylic oxidation sites excluding steroid dienone is 12. The van der Waals surface area contributed by atoms with Crippen molar-refractivity contribution in [2.24, 2.45) is 5.73 Å². The molecule has 0 spiro atoms. The van der Waals surface area contributed by atoms with Gasteiger partial charge >= 0.3 is 19.8 Å². The van der Waals surface area contributed by atoms with E-state index in [4.69, 9.17) is 24.3 Å². The number of hydrogen-bond acceptors (Lipinski definition) is 8. The van der Waals surface area contributed by atoms with Gasteiger partial charge in [0.25, 0.3) is 0 Å². The minimum absolute atomic E-state index is 0.0525. The second-order valence-corrected chi connectivity index (χ2v) is 23.4. The minimum Gasteiger partial charge on any atom is -0.462 e. The van der Waals surface area contributed by atoms with Crippen LogP contribution in [0.1, 0.15) is 316 Å². The van der Waals surface area contributed by atoms with Gasteiger partial charge in [0.1, 0.15) is 6.61 Å². The van der Waals surface area contributed by atoms with E-state index in [1.54, 1.807) is 0 Å². The van der Waals surface area contributed by atoms with Crippen molar-refractivity contribution < 1.29 is 37.6 Å². The number of nitrogens with two attached hydrogens (primary N) is 1. The van der Waals surface area contributed by atoms with E-state index in [2.05, 4.69) is 86.8 Å². The molecule has 0 aliphatic heterocycles. The fourth-order valence-electron chi connectivity index (χ4n) is 9.53. The number of carbonyl (C=O) groups excluding carboxylic acids is 2. The van der Waals surface area contributed by atoms with Gasteiger partial charge < -0.3 is 20.1 Å². The largest absolute Gasteiger partial charge is 0.472 e. The van der Waals surface area contributed by atoms with Crippen molar-refractivity contribution in [3.8, 4) is 0 Å². The summed E-state index contributed by atoms with van der Waals surface area (Å²) in [5, 5.41) is 0. The highest BCUT2D eigenvalue weighted by Gasteiger charge is 2.26. The number of carbonyl (C=O) groups is 2. The zero-order chi connectivity index (χ0) is 56.6. The monoisotopic (exact) mass is 1110 g/mol. The van der Waals surface area contributed by atoms with Gasteiger partial charge in [0.05, 0.1) is 13.2 Å². The molecule has 0 bridgehead atoms. The average molecular weight is 1110 g/mol. The molecule has 454 valence electrons. The van der Waals surface area contributed by atoms with Crippen LogP contribution in [0, 0.1) is 0 Å². The second kappa shape index (κ2) is 63.6.